The summed E-state index contributed by atoms with van der Waals surface area (Å²) in [6, 6.07) is 6.88. The minimum absolute atomic E-state index is 0.382. The van der Waals surface area contributed by atoms with Crippen LogP contribution in [0.2, 0.25) is 0 Å². The van der Waals surface area contributed by atoms with Crippen molar-refractivity contribution >= 4 is 23.4 Å². The number of hydrogen-bond acceptors (Lipinski definition) is 6. The summed E-state index contributed by atoms with van der Waals surface area (Å²) in [7, 11) is 3.69. The highest BCUT2D eigenvalue weighted by atomic mass is 16.2. The first-order chi connectivity index (χ1) is 11.6. The number of benzene rings is 1. The lowest BCUT2D eigenvalue weighted by Crippen LogP contribution is -2.20. The van der Waals surface area contributed by atoms with Crippen molar-refractivity contribution in [1.29, 1.82) is 0 Å². The van der Waals surface area contributed by atoms with Crippen LogP contribution >= 0.6 is 0 Å². The monoisotopic (exact) mass is 324 g/mol. The van der Waals surface area contributed by atoms with Gasteiger partial charge in [-0.1, -0.05) is 11.3 Å². The van der Waals surface area contributed by atoms with Gasteiger partial charge in [-0.05, 0) is 18.2 Å². The Labute approximate surface area is 138 Å². The molecule has 1 aromatic carbocycles. The van der Waals surface area contributed by atoms with Gasteiger partial charge < -0.3 is 15.5 Å². The molecule has 24 heavy (non-hydrogen) atoms. The maximum absolute atomic E-state index is 12.1. The molecule has 122 valence electrons. The fourth-order valence-corrected chi connectivity index (χ4v) is 1.98. The second kappa shape index (κ2) is 6.73. The Morgan fingerprint density at radius 1 is 1.12 bits per heavy atom. The summed E-state index contributed by atoms with van der Waals surface area (Å²) in [4.78, 5) is 22.1. The van der Waals surface area contributed by atoms with Crippen LogP contribution < -0.4 is 15.5 Å². The second-order valence-electron chi connectivity index (χ2n) is 5.14. The first-order valence-corrected chi connectivity index (χ1v) is 7.16. The molecule has 9 nitrogen and oxygen atoms in total. The number of amides is 2. The standard InChI is InChI=1S/C15H16N8O/c1-22(2)14-16-9-12(10-17-14)20-15(24)19-11-4-3-5-13(8-11)23-7-6-18-21-23/h3-10H,1-2H3,(H2,19,20,24). The maximum Gasteiger partial charge on any atom is 0.323 e. The number of urea groups is 1. The smallest absolute Gasteiger partial charge is 0.323 e. The van der Waals surface area contributed by atoms with E-state index >= 15 is 0 Å². The number of aromatic nitrogens is 5. The summed E-state index contributed by atoms with van der Waals surface area (Å²) in [5.41, 5.74) is 1.93. The van der Waals surface area contributed by atoms with Gasteiger partial charge in [0.2, 0.25) is 5.95 Å². The third kappa shape index (κ3) is 3.64. The van der Waals surface area contributed by atoms with E-state index < -0.39 is 0 Å². The van der Waals surface area contributed by atoms with Gasteiger partial charge in [0, 0.05) is 19.8 Å². The molecular weight excluding hydrogens is 308 g/mol. The molecule has 0 spiro atoms. The Morgan fingerprint density at radius 3 is 2.54 bits per heavy atom. The normalized spacial score (nSPS) is 10.2. The summed E-state index contributed by atoms with van der Waals surface area (Å²) in [6.07, 6.45) is 6.41. The van der Waals surface area contributed by atoms with Gasteiger partial charge >= 0.3 is 6.03 Å². The molecule has 0 unspecified atom stereocenters. The van der Waals surface area contributed by atoms with Gasteiger partial charge in [0.1, 0.15) is 0 Å². The van der Waals surface area contributed by atoms with Crippen LogP contribution in [0.3, 0.4) is 0 Å². The van der Waals surface area contributed by atoms with Crippen molar-refractivity contribution in [1.82, 2.24) is 25.0 Å². The molecule has 2 aromatic heterocycles. The number of nitrogens with zero attached hydrogens (tertiary/aromatic N) is 6. The Bertz CT molecular complexity index is 814. The van der Waals surface area contributed by atoms with E-state index in [0.29, 0.717) is 17.3 Å². The molecule has 0 aliphatic carbocycles. The Hall–Kier alpha value is -3.49. The lowest BCUT2D eigenvalue weighted by Gasteiger charge is -2.11. The minimum atomic E-state index is -0.382. The fraction of sp³-hybridized carbons (Fsp3) is 0.133. The zero-order valence-corrected chi connectivity index (χ0v) is 13.2. The predicted octanol–water partition coefficient (Wildman–Crippen LogP) is 1.77. The molecule has 3 rings (SSSR count). The number of carbonyl (C=O) groups is 1. The minimum Gasteiger partial charge on any atom is -0.347 e. The molecule has 0 saturated heterocycles. The number of anilines is 3. The quantitative estimate of drug-likeness (QED) is 0.758. The molecule has 2 amide bonds. The first-order valence-electron chi connectivity index (χ1n) is 7.16. The molecule has 0 radical (unpaired) electrons. The van der Waals surface area contributed by atoms with E-state index in [1.54, 1.807) is 46.5 Å². The number of carbonyl (C=O) groups excluding carboxylic acids is 1. The van der Waals surface area contributed by atoms with E-state index in [-0.39, 0.29) is 6.03 Å². The first kappa shape index (κ1) is 15.4. The summed E-state index contributed by atoms with van der Waals surface area (Å²) in [5.74, 6) is 0.571. The highest BCUT2D eigenvalue weighted by Crippen LogP contribution is 2.14. The lowest BCUT2D eigenvalue weighted by molar-refractivity contribution is 0.262. The van der Waals surface area contributed by atoms with E-state index in [9.17, 15) is 4.79 Å². The average molecular weight is 324 g/mol. The van der Waals surface area contributed by atoms with Crippen LogP contribution in [0.15, 0.2) is 49.1 Å². The molecule has 0 saturated carbocycles. The van der Waals surface area contributed by atoms with E-state index in [1.165, 1.54) is 0 Å². The summed E-state index contributed by atoms with van der Waals surface area (Å²) >= 11 is 0. The van der Waals surface area contributed by atoms with Crippen molar-refractivity contribution in [3.05, 3.63) is 49.1 Å². The Morgan fingerprint density at radius 2 is 1.88 bits per heavy atom. The molecule has 0 fully saturated rings. The molecule has 0 aliphatic heterocycles. The van der Waals surface area contributed by atoms with Crippen LogP contribution in [0.5, 0.6) is 0 Å². The SMILES string of the molecule is CN(C)c1ncc(NC(=O)Nc2cccc(-n3ccnn3)c2)cn1. The summed E-state index contributed by atoms with van der Waals surface area (Å²) in [5, 5.41) is 13.1. The molecule has 3 aromatic rings. The zero-order valence-electron chi connectivity index (χ0n) is 13.2. The Kier molecular flexibility index (Phi) is 4.32. The molecule has 0 bridgehead atoms. The van der Waals surface area contributed by atoms with Crippen LogP contribution in [0.1, 0.15) is 0 Å². The van der Waals surface area contributed by atoms with Gasteiger partial charge in [-0.15, -0.1) is 5.10 Å². The van der Waals surface area contributed by atoms with Crippen molar-refractivity contribution in [3.63, 3.8) is 0 Å². The van der Waals surface area contributed by atoms with E-state index in [1.807, 2.05) is 26.2 Å². The molecule has 2 heterocycles. The Balaban J connectivity index is 1.65. The van der Waals surface area contributed by atoms with E-state index in [4.69, 9.17) is 0 Å². The molecule has 2 N–H and O–H groups in total. The van der Waals surface area contributed by atoms with Crippen LogP contribution in [0.25, 0.3) is 5.69 Å². The lowest BCUT2D eigenvalue weighted by atomic mass is 10.3. The number of nitrogens with one attached hydrogen (secondary N) is 2. The van der Waals surface area contributed by atoms with Crippen molar-refractivity contribution in [2.45, 2.75) is 0 Å². The van der Waals surface area contributed by atoms with Gasteiger partial charge in [-0.25, -0.2) is 19.4 Å². The summed E-state index contributed by atoms with van der Waals surface area (Å²) < 4.78 is 1.61. The van der Waals surface area contributed by atoms with Crippen LogP contribution in [-0.2, 0) is 0 Å². The van der Waals surface area contributed by atoms with Crippen LogP contribution in [0, 0.1) is 0 Å². The third-order valence-electron chi connectivity index (χ3n) is 3.09. The van der Waals surface area contributed by atoms with Crippen molar-refractivity contribution in [2.75, 3.05) is 29.6 Å². The van der Waals surface area contributed by atoms with Gasteiger partial charge in [0.05, 0.1) is 36.2 Å². The van der Waals surface area contributed by atoms with E-state index in [0.717, 1.165) is 5.69 Å². The third-order valence-corrected chi connectivity index (χ3v) is 3.09. The number of rotatable bonds is 4. The predicted molar refractivity (Wildman–Crippen MR) is 90.4 cm³/mol. The second-order valence-corrected chi connectivity index (χ2v) is 5.14. The molecule has 0 aliphatic rings. The van der Waals surface area contributed by atoms with Crippen molar-refractivity contribution in [3.8, 4) is 5.69 Å². The zero-order chi connectivity index (χ0) is 16.9. The van der Waals surface area contributed by atoms with Gasteiger partial charge in [-0.2, -0.15) is 0 Å². The van der Waals surface area contributed by atoms with Gasteiger partial charge in [-0.3, -0.25) is 0 Å². The number of hydrogen-bond donors (Lipinski definition) is 2. The topological polar surface area (TPSA) is 101 Å². The maximum atomic E-state index is 12.1. The fourth-order valence-electron chi connectivity index (χ4n) is 1.98. The highest BCUT2D eigenvalue weighted by Gasteiger charge is 2.06. The van der Waals surface area contributed by atoms with Crippen LogP contribution in [0.4, 0.5) is 22.1 Å². The summed E-state index contributed by atoms with van der Waals surface area (Å²) in [6.45, 7) is 0. The van der Waals surface area contributed by atoms with Gasteiger partial charge in [0.15, 0.2) is 0 Å². The molecule has 9 heteroatoms. The average Bonchev–Trinajstić information content (AvgIpc) is 3.10. The largest absolute Gasteiger partial charge is 0.347 e. The highest BCUT2D eigenvalue weighted by molar-refractivity contribution is 5.99. The van der Waals surface area contributed by atoms with Crippen molar-refractivity contribution in [2.24, 2.45) is 0 Å². The molecule has 0 atom stereocenters. The van der Waals surface area contributed by atoms with Crippen molar-refractivity contribution < 1.29 is 4.79 Å². The molecular formula is C15H16N8O. The van der Waals surface area contributed by atoms with E-state index in [2.05, 4.69) is 30.9 Å². The van der Waals surface area contributed by atoms with Crippen LogP contribution in [-0.4, -0.2) is 45.1 Å². The van der Waals surface area contributed by atoms with Gasteiger partial charge in [0.25, 0.3) is 0 Å².